The smallest absolute Gasteiger partial charge is 0.239 e. The van der Waals surface area contributed by atoms with Gasteiger partial charge in [-0.15, -0.1) is 12.4 Å². The lowest BCUT2D eigenvalue weighted by Gasteiger charge is -2.23. The molecule has 0 unspecified atom stereocenters. The molecule has 1 rings (SSSR count). The van der Waals surface area contributed by atoms with E-state index in [1.807, 2.05) is 39.1 Å². The number of likely N-dealkylation sites (N-methyl/N-ethyl adjacent to an activating group) is 1. The summed E-state index contributed by atoms with van der Waals surface area (Å²) in [7, 11) is 1.81. The van der Waals surface area contributed by atoms with Crippen molar-refractivity contribution >= 4 is 18.3 Å². The first-order valence-corrected chi connectivity index (χ1v) is 6.07. The van der Waals surface area contributed by atoms with Crippen molar-refractivity contribution in [3.8, 4) is 0 Å². The van der Waals surface area contributed by atoms with Gasteiger partial charge in [0.15, 0.2) is 0 Å². The van der Waals surface area contributed by atoms with Crippen molar-refractivity contribution < 1.29 is 4.79 Å². The number of carbonyl (C=O) groups excluding carboxylic acids is 1. The van der Waals surface area contributed by atoms with Gasteiger partial charge in [0.05, 0.1) is 6.04 Å². The van der Waals surface area contributed by atoms with Gasteiger partial charge in [-0.1, -0.05) is 44.2 Å². The molecule has 0 aromatic heterocycles. The molecule has 3 nitrogen and oxygen atoms in total. The maximum absolute atomic E-state index is 11.9. The highest BCUT2D eigenvalue weighted by molar-refractivity contribution is 5.85. The lowest BCUT2D eigenvalue weighted by Crippen LogP contribution is -2.45. The second-order valence-corrected chi connectivity index (χ2v) is 4.77. The molecule has 2 N–H and O–H groups in total. The Morgan fingerprint density at radius 3 is 2.33 bits per heavy atom. The number of hydrogen-bond acceptors (Lipinski definition) is 2. The Bertz CT molecular complexity index is 354. The Morgan fingerprint density at radius 1 is 1.28 bits per heavy atom. The van der Waals surface area contributed by atoms with E-state index in [4.69, 9.17) is 5.73 Å². The third-order valence-electron chi connectivity index (χ3n) is 2.96. The van der Waals surface area contributed by atoms with Gasteiger partial charge in [-0.2, -0.15) is 0 Å². The van der Waals surface area contributed by atoms with E-state index in [9.17, 15) is 4.79 Å². The van der Waals surface area contributed by atoms with Gasteiger partial charge in [-0.05, 0) is 17.9 Å². The molecule has 0 spiro atoms. The summed E-state index contributed by atoms with van der Waals surface area (Å²) in [6, 6.07) is 9.76. The lowest BCUT2D eigenvalue weighted by atomic mass is 10.0. The maximum Gasteiger partial charge on any atom is 0.239 e. The predicted octanol–water partition coefficient (Wildman–Crippen LogP) is 2.09. The Labute approximate surface area is 116 Å². The minimum absolute atomic E-state index is 0. The van der Waals surface area contributed by atoms with Crippen LogP contribution >= 0.6 is 12.4 Å². The van der Waals surface area contributed by atoms with E-state index in [-0.39, 0.29) is 24.2 Å². The summed E-state index contributed by atoms with van der Waals surface area (Å²) >= 11 is 0. The second kappa shape index (κ2) is 8.11. The zero-order chi connectivity index (χ0) is 12.8. The van der Waals surface area contributed by atoms with Crippen molar-refractivity contribution in [2.75, 3.05) is 13.6 Å². The van der Waals surface area contributed by atoms with Crippen LogP contribution in [0.25, 0.3) is 0 Å². The second-order valence-electron chi connectivity index (χ2n) is 4.77. The normalized spacial score (nSPS) is 11.8. The number of nitrogens with two attached hydrogens (primary N) is 1. The number of hydrogen-bond donors (Lipinski definition) is 1. The van der Waals surface area contributed by atoms with Gasteiger partial charge in [0.1, 0.15) is 0 Å². The fraction of sp³-hybridized carbons (Fsp3) is 0.500. The van der Waals surface area contributed by atoms with Crippen molar-refractivity contribution in [2.45, 2.75) is 26.3 Å². The number of amides is 1. The molecule has 0 saturated carbocycles. The molecule has 0 aliphatic heterocycles. The van der Waals surface area contributed by atoms with Crippen LogP contribution < -0.4 is 5.73 Å². The molecule has 1 aromatic carbocycles. The molecule has 1 aromatic rings. The van der Waals surface area contributed by atoms with Crippen molar-refractivity contribution in [3.05, 3.63) is 35.9 Å². The Kier molecular flexibility index (Phi) is 7.64. The lowest BCUT2D eigenvalue weighted by molar-refractivity contribution is -0.132. The maximum atomic E-state index is 11.9. The predicted molar refractivity (Wildman–Crippen MR) is 77.8 cm³/mol. The van der Waals surface area contributed by atoms with E-state index in [0.717, 1.165) is 6.42 Å². The molecule has 18 heavy (non-hydrogen) atoms. The molecule has 1 atom stereocenters. The summed E-state index contributed by atoms with van der Waals surface area (Å²) in [6.07, 6.45) is 0.869. The standard InChI is InChI=1S/C14H22N2O.ClH/c1-11(2)13(15)14(17)16(3)10-9-12-7-5-4-6-8-12;/h4-8,11,13H,9-10,15H2,1-3H3;1H/t13-;/m1./s1. The van der Waals surface area contributed by atoms with E-state index >= 15 is 0 Å². The van der Waals surface area contributed by atoms with E-state index in [0.29, 0.717) is 6.54 Å². The van der Waals surface area contributed by atoms with E-state index < -0.39 is 6.04 Å². The first-order valence-electron chi connectivity index (χ1n) is 6.07. The van der Waals surface area contributed by atoms with Crippen molar-refractivity contribution in [1.29, 1.82) is 0 Å². The van der Waals surface area contributed by atoms with Gasteiger partial charge in [0.25, 0.3) is 0 Å². The minimum Gasteiger partial charge on any atom is -0.344 e. The Hall–Kier alpha value is -1.06. The van der Waals surface area contributed by atoms with Crippen LogP contribution in [0.3, 0.4) is 0 Å². The molecule has 0 saturated heterocycles. The van der Waals surface area contributed by atoms with Crippen LogP contribution in [0.4, 0.5) is 0 Å². The SMILES string of the molecule is CC(C)[C@@H](N)C(=O)N(C)CCc1ccccc1.Cl. The van der Waals surface area contributed by atoms with Gasteiger partial charge in [-0.25, -0.2) is 0 Å². The third-order valence-corrected chi connectivity index (χ3v) is 2.96. The average Bonchev–Trinajstić information content (AvgIpc) is 2.35. The molecule has 0 fully saturated rings. The molecule has 0 heterocycles. The first-order chi connectivity index (χ1) is 8.02. The molecule has 1 amide bonds. The highest BCUT2D eigenvalue weighted by Gasteiger charge is 2.20. The fourth-order valence-corrected chi connectivity index (χ4v) is 1.59. The van der Waals surface area contributed by atoms with Gasteiger partial charge in [0, 0.05) is 13.6 Å². The summed E-state index contributed by atoms with van der Waals surface area (Å²) in [5.41, 5.74) is 7.08. The van der Waals surface area contributed by atoms with Crippen LogP contribution in [0.5, 0.6) is 0 Å². The molecule has 0 aliphatic rings. The summed E-state index contributed by atoms with van der Waals surface area (Å²) in [5.74, 6) is 0.206. The van der Waals surface area contributed by atoms with Crippen LogP contribution in [-0.2, 0) is 11.2 Å². The number of halogens is 1. The average molecular weight is 271 g/mol. The van der Waals surface area contributed by atoms with Crippen molar-refractivity contribution in [3.63, 3.8) is 0 Å². The monoisotopic (exact) mass is 270 g/mol. The largest absolute Gasteiger partial charge is 0.344 e. The van der Waals surface area contributed by atoms with Gasteiger partial charge in [-0.3, -0.25) is 4.79 Å². The van der Waals surface area contributed by atoms with Gasteiger partial charge in [0.2, 0.25) is 5.91 Å². The third kappa shape index (κ3) is 5.07. The van der Waals surface area contributed by atoms with Crippen LogP contribution in [0.2, 0.25) is 0 Å². The summed E-state index contributed by atoms with van der Waals surface area (Å²) < 4.78 is 0. The minimum atomic E-state index is -0.393. The van der Waals surface area contributed by atoms with Crippen LogP contribution in [0.15, 0.2) is 30.3 Å². The summed E-state index contributed by atoms with van der Waals surface area (Å²) in [5, 5.41) is 0. The molecule has 4 heteroatoms. The molecular weight excluding hydrogens is 248 g/mol. The fourth-order valence-electron chi connectivity index (χ4n) is 1.59. The summed E-state index contributed by atoms with van der Waals surface area (Å²) in [4.78, 5) is 13.6. The summed E-state index contributed by atoms with van der Waals surface area (Å²) in [6.45, 7) is 4.64. The van der Waals surface area contributed by atoms with E-state index in [1.54, 1.807) is 4.90 Å². The van der Waals surface area contributed by atoms with Gasteiger partial charge < -0.3 is 10.6 Å². The van der Waals surface area contributed by atoms with Crippen LogP contribution in [-0.4, -0.2) is 30.4 Å². The topological polar surface area (TPSA) is 46.3 Å². The Morgan fingerprint density at radius 2 is 1.83 bits per heavy atom. The quantitative estimate of drug-likeness (QED) is 0.891. The molecule has 0 bridgehead atoms. The van der Waals surface area contributed by atoms with Gasteiger partial charge >= 0.3 is 0 Å². The van der Waals surface area contributed by atoms with Crippen molar-refractivity contribution in [2.24, 2.45) is 11.7 Å². The number of carbonyl (C=O) groups is 1. The van der Waals surface area contributed by atoms with E-state index in [2.05, 4.69) is 12.1 Å². The van der Waals surface area contributed by atoms with Crippen molar-refractivity contribution in [1.82, 2.24) is 4.90 Å². The molecule has 0 radical (unpaired) electrons. The van der Waals surface area contributed by atoms with E-state index in [1.165, 1.54) is 5.56 Å². The molecule has 0 aliphatic carbocycles. The number of nitrogens with zero attached hydrogens (tertiary/aromatic N) is 1. The van der Waals surface area contributed by atoms with Crippen LogP contribution in [0.1, 0.15) is 19.4 Å². The number of benzene rings is 1. The highest BCUT2D eigenvalue weighted by Crippen LogP contribution is 2.04. The first kappa shape index (κ1) is 16.9. The van der Waals surface area contributed by atoms with Crippen LogP contribution in [0, 0.1) is 5.92 Å². The zero-order valence-electron chi connectivity index (χ0n) is 11.3. The molecular formula is C14H23ClN2O. The Balaban J connectivity index is 0.00000289. The zero-order valence-corrected chi connectivity index (χ0v) is 12.1. The highest BCUT2D eigenvalue weighted by atomic mass is 35.5. The number of rotatable bonds is 5. The molecule has 102 valence electrons.